The number of fused-ring (bicyclic) bond motifs is 4. The zero-order valence-electron chi connectivity index (χ0n) is 19.3. The van der Waals surface area contributed by atoms with Crippen molar-refractivity contribution in [2.75, 3.05) is 39.6 Å². The van der Waals surface area contributed by atoms with Gasteiger partial charge in [0, 0.05) is 29.9 Å². The van der Waals surface area contributed by atoms with Crippen LogP contribution in [0.25, 0.3) is 0 Å². The number of benzene rings is 2. The van der Waals surface area contributed by atoms with Crippen molar-refractivity contribution < 1.29 is 38.0 Å². The molecule has 1 spiro atoms. The first-order valence-electron chi connectivity index (χ1n) is 11.3. The van der Waals surface area contributed by atoms with Crippen molar-refractivity contribution >= 4 is 23.7 Å². The predicted octanol–water partition coefficient (Wildman–Crippen LogP) is 4.06. The van der Waals surface area contributed by atoms with Gasteiger partial charge in [0.15, 0.2) is 11.5 Å². The van der Waals surface area contributed by atoms with E-state index in [2.05, 4.69) is 0 Å². The molecule has 0 atom stereocenters. The van der Waals surface area contributed by atoms with E-state index in [9.17, 15) is 9.59 Å². The molecule has 2 aromatic carbocycles. The molecule has 0 bridgehead atoms. The first-order chi connectivity index (χ1) is 16.5. The quantitative estimate of drug-likeness (QED) is 0.403. The van der Waals surface area contributed by atoms with Crippen LogP contribution in [0.15, 0.2) is 46.2 Å². The number of hydrogen-bond acceptors (Lipinski definition) is 9. The molecule has 1 saturated heterocycles. The van der Waals surface area contributed by atoms with Crippen LogP contribution in [0.5, 0.6) is 11.5 Å². The van der Waals surface area contributed by atoms with Crippen LogP contribution in [-0.2, 0) is 34.3 Å². The van der Waals surface area contributed by atoms with E-state index in [4.69, 9.17) is 28.4 Å². The summed E-state index contributed by atoms with van der Waals surface area (Å²) in [4.78, 5) is 24.1. The standard InChI is InChI=1S/C25H28O8S/c1-17(26)28-13-15-30-21-10-9-20-24(23(21)31-16-14-29-18(2)27)34-22-8-4-3-7-19(22)25(20)32-11-5-6-12-33-25/h3-4,7-10H,5-6,11-16H2,1-2H3. The lowest BCUT2D eigenvalue weighted by Gasteiger charge is -2.39. The molecule has 0 unspecified atom stereocenters. The second-order valence-corrected chi connectivity index (χ2v) is 8.82. The van der Waals surface area contributed by atoms with Crippen LogP contribution >= 0.6 is 11.8 Å². The van der Waals surface area contributed by atoms with Crippen molar-refractivity contribution in [3.8, 4) is 11.5 Å². The molecule has 0 aromatic heterocycles. The second kappa shape index (κ2) is 11.1. The minimum atomic E-state index is -1.04. The zero-order valence-corrected chi connectivity index (χ0v) is 20.1. The smallest absolute Gasteiger partial charge is 0.302 e. The summed E-state index contributed by atoms with van der Waals surface area (Å²) >= 11 is 1.55. The van der Waals surface area contributed by atoms with E-state index < -0.39 is 5.79 Å². The zero-order chi connectivity index (χ0) is 24.0. The molecule has 9 heteroatoms. The maximum atomic E-state index is 11.2. The summed E-state index contributed by atoms with van der Waals surface area (Å²) in [5.74, 6) is -0.798. The Bertz CT molecular complexity index is 1030. The molecule has 182 valence electrons. The van der Waals surface area contributed by atoms with Crippen molar-refractivity contribution in [3.63, 3.8) is 0 Å². The van der Waals surface area contributed by atoms with Gasteiger partial charge in [-0.05, 0) is 31.0 Å². The van der Waals surface area contributed by atoms with Crippen LogP contribution in [0.4, 0.5) is 0 Å². The summed E-state index contributed by atoms with van der Waals surface area (Å²) in [7, 11) is 0. The Morgan fingerprint density at radius 2 is 1.50 bits per heavy atom. The summed E-state index contributed by atoms with van der Waals surface area (Å²) in [6.07, 6.45) is 1.82. The van der Waals surface area contributed by atoms with Gasteiger partial charge >= 0.3 is 11.9 Å². The highest BCUT2D eigenvalue weighted by atomic mass is 32.2. The number of hydrogen-bond donors (Lipinski definition) is 0. The molecule has 4 rings (SSSR count). The third kappa shape index (κ3) is 5.32. The van der Waals surface area contributed by atoms with Gasteiger partial charge in [-0.3, -0.25) is 9.59 Å². The van der Waals surface area contributed by atoms with E-state index in [1.165, 1.54) is 13.8 Å². The fraction of sp³-hybridized carbons (Fsp3) is 0.440. The van der Waals surface area contributed by atoms with E-state index in [-0.39, 0.29) is 38.4 Å². The number of carbonyl (C=O) groups excluding carboxylic acids is 2. The van der Waals surface area contributed by atoms with Crippen molar-refractivity contribution in [1.29, 1.82) is 0 Å². The van der Waals surface area contributed by atoms with E-state index in [0.29, 0.717) is 24.7 Å². The Labute approximate surface area is 202 Å². The maximum absolute atomic E-state index is 11.2. The van der Waals surface area contributed by atoms with Gasteiger partial charge in [-0.1, -0.05) is 30.0 Å². The molecule has 2 heterocycles. The largest absolute Gasteiger partial charge is 0.486 e. The lowest BCUT2D eigenvalue weighted by molar-refractivity contribution is -0.208. The van der Waals surface area contributed by atoms with Crippen molar-refractivity contribution in [1.82, 2.24) is 0 Å². The first-order valence-corrected chi connectivity index (χ1v) is 12.1. The fourth-order valence-electron chi connectivity index (χ4n) is 3.89. The van der Waals surface area contributed by atoms with Gasteiger partial charge in [-0.2, -0.15) is 0 Å². The van der Waals surface area contributed by atoms with Gasteiger partial charge in [-0.25, -0.2) is 0 Å². The van der Waals surface area contributed by atoms with Gasteiger partial charge in [-0.15, -0.1) is 0 Å². The Morgan fingerprint density at radius 1 is 0.853 bits per heavy atom. The minimum Gasteiger partial charge on any atom is -0.486 e. The summed E-state index contributed by atoms with van der Waals surface area (Å²) in [6.45, 7) is 4.37. The molecule has 34 heavy (non-hydrogen) atoms. The molecule has 0 radical (unpaired) electrons. The average molecular weight is 489 g/mol. The molecule has 0 saturated carbocycles. The lowest BCUT2D eigenvalue weighted by atomic mass is 9.95. The summed E-state index contributed by atoms with van der Waals surface area (Å²) in [5, 5.41) is 0. The van der Waals surface area contributed by atoms with Gasteiger partial charge in [0.25, 0.3) is 0 Å². The third-order valence-corrected chi connectivity index (χ3v) is 6.50. The van der Waals surface area contributed by atoms with Crippen LogP contribution in [0, 0.1) is 0 Å². The molecule has 8 nitrogen and oxygen atoms in total. The van der Waals surface area contributed by atoms with Gasteiger partial charge < -0.3 is 28.4 Å². The highest BCUT2D eigenvalue weighted by Gasteiger charge is 2.46. The molecule has 1 fully saturated rings. The first kappa shape index (κ1) is 24.4. The molecule has 2 aromatic rings. The highest BCUT2D eigenvalue weighted by Crippen LogP contribution is 2.56. The normalized spacial score (nSPS) is 16.1. The fourth-order valence-corrected chi connectivity index (χ4v) is 5.14. The summed E-state index contributed by atoms with van der Waals surface area (Å²) < 4.78 is 34.8. The van der Waals surface area contributed by atoms with Gasteiger partial charge in [0.2, 0.25) is 5.79 Å². The molecule has 0 N–H and O–H groups in total. The average Bonchev–Trinajstić information content (AvgIpc) is 3.07. The molecular weight excluding hydrogens is 460 g/mol. The Hall–Kier alpha value is -2.75. The Morgan fingerprint density at radius 3 is 2.18 bits per heavy atom. The van der Waals surface area contributed by atoms with Crippen LogP contribution in [-0.4, -0.2) is 51.6 Å². The van der Waals surface area contributed by atoms with Crippen molar-refractivity contribution in [2.24, 2.45) is 0 Å². The Balaban J connectivity index is 1.72. The van der Waals surface area contributed by atoms with E-state index >= 15 is 0 Å². The van der Waals surface area contributed by atoms with Crippen LogP contribution in [0.2, 0.25) is 0 Å². The van der Waals surface area contributed by atoms with Crippen LogP contribution in [0.1, 0.15) is 37.8 Å². The van der Waals surface area contributed by atoms with Crippen LogP contribution in [0.3, 0.4) is 0 Å². The third-order valence-electron chi connectivity index (χ3n) is 5.31. The van der Waals surface area contributed by atoms with E-state index in [0.717, 1.165) is 33.8 Å². The maximum Gasteiger partial charge on any atom is 0.302 e. The number of rotatable bonds is 8. The molecule has 0 amide bonds. The summed E-state index contributed by atoms with van der Waals surface area (Å²) in [6, 6.07) is 11.8. The topological polar surface area (TPSA) is 89.5 Å². The molecular formula is C25H28O8S. The highest BCUT2D eigenvalue weighted by molar-refractivity contribution is 7.99. The second-order valence-electron chi connectivity index (χ2n) is 7.77. The lowest BCUT2D eigenvalue weighted by Crippen LogP contribution is -2.37. The van der Waals surface area contributed by atoms with Gasteiger partial charge in [0.1, 0.15) is 26.4 Å². The summed E-state index contributed by atoms with van der Waals surface area (Å²) in [5.41, 5.74) is 1.80. The predicted molar refractivity (Wildman–Crippen MR) is 123 cm³/mol. The molecule has 0 aliphatic carbocycles. The number of carbonyl (C=O) groups is 2. The Kier molecular flexibility index (Phi) is 7.97. The molecule has 2 aliphatic heterocycles. The van der Waals surface area contributed by atoms with E-state index in [1.54, 1.807) is 11.8 Å². The SMILES string of the molecule is CC(=O)OCCOc1ccc2c(c1OCCOC(C)=O)Sc1ccccc1C21OCCCCO1. The van der Waals surface area contributed by atoms with Crippen molar-refractivity contribution in [3.05, 3.63) is 47.5 Å². The van der Waals surface area contributed by atoms with E-state index in [1.807, 2.05) is 36.4 Å². The monoisotopic (exact) mass is 488 g/mol. The minimum absolute atomic E-state index is 0.102. The molecule has 2 aliphatic rings. The number of esters is 2. The number of ether oxygens (including phenoxy) is 6. The van der Waals surface area contributed by atoms with Crippen LogP contribution < -0.4 is 9.47 Å². The van der Waals surface area contributed by atoms with Crippen molar-refractivity contribution in [2.45, 2.75) is 42.3 Å². The van der Waals surface area contributed by atoms with Gasteiger partial charge in [0.05, 0.1) is 18.1 Å².